The van der Waals surface area contributed by atoms with E-state index in [1.54, 1.807) is 0 Å². The Hall–Kier alpha value is -0.520. The number of hydrogen-bond acceptors (Lipinski definition) is 4. The summed E-state index contributed by atoms with van der Waals surface area (Å²) in [5.74, 6) is 0.390. The second-order valence-electron chi connectivity index (χ2n) is 8.26. The number of Topliss-reactive ketones (excluding diaryl/α,β-unsaturated/α-hetero) is 1. The lowest BCUT2D eigenvalue weighted by Gasteiger charge is -2.34. The van der Waals surface area contributed by atoms with Gasteiger partial charge in [0.25, 0.3) is 0 Å². The summed E-state index contributed by atoms with van der Waals surface area (Å²) >= 11 is 0. The van der Waals surface area contributed by atoms with Crippen molar-refractivity contribution in [3.63, 3.8) is 0 Å². The lowest BCUT2D eigenvalue weighted by atomic mass is 9.79. The van der Waals surface area contributed by atoms with Crippen molar-refractivity contribution in [2.45, 2.75) is 89.6 Å². The van der Waals surface area contributed by atoms with Gasteiger partial charge in [0, 0.05) is 25.0 Å². The van der Waals surface area contributed by atoms with Crippen molar-refractivity contribution in [3.8, 4) is 0 Å². The van der Waals surface area contributed by atoms with E-state index in [1.165, 1.54) is 19.3 Å². The normalized spacial score (nSPS) is 44.3. The number of unbranched alkanes of at least 4 members (excludes halogenated alkanes) is 2. The van der Waals surface area contributed by atoms with Gasteiger partial charge in [-0.15, -0.1) is 0 Å². The molecule has 0 amide bonds. The molecule has 1 aliphatic carbocycles. The number of nitrogens with one attached hydrogen (secondary N) is 2. The summed E-state index contributed by atoms with van der Waals surface area (Å²) in [6.45, 7) is 4.60. The SMILES string of the molecule is CCCCCC12CC3NCC(F)CC1C2NC(N)C3C(=O)CCC. The molecule has 2 heterocycles. The summed E-state index contributed by atoms with van der Waals surface area (Å²) in [5.41, 5.74) is 6.57. The molecule has 0 spiro atoms. The minimum absolute atomic E-state index is 0.0155. The summed E-state index contributed by atoms with van der Waals surface area (Å²) in [4.78, 5) is 12.7. The van der Waals surface area contributed by atoms with Crippen LogP contribution in [-0.4, -0.2) is 36.7 Å². The van der Waals surface area contributed by atoms with Crippen molar-refractivity contribution in [1.82, 2.24) is 10.6 Å². The predicted octanol–water partition coefficient (Wildman–Crippen LogP) is 2.52. The first-order chi connectivity index (χ1) is 11.5. The lowest BCUT2D eigenvalue weighted by Crippen LogP contribution is -2.56. The molecule has 3 rings (SSSR count). The molecule has 0 aromatic rings. The summed E-state index contributed by atoms with van der Waals surface area (Å²) < 4.78 is 14.3. The monoisotopic (exact) mass is 339 g/mol. The van der Waals surface area contributed by atoms with Crippen LogP contribution in [0.2, 0.25) is 0 Å². The van der Waals surface area contributed by atoms with Gasteiger partial charge in [-0.2, -0.15) is 0 Å². The van der Waals surface area contributed by atoms with E-state index in [2.05, 4.69) is 17.6 Å². The van der Waals surface area contributed by atoms with Gasteiger partial charge in [0.2, 0.25) is 0 Å². The molecule has 3 fully saturated rings. The first-order valence-corrected chi connectivity index (χ1v) is 9.95. The number of carbonyl (C=O) groups excluding carboxylic acids is 1. The Labute approximate surface area is 145 Å². The molecule has 7 atom stereocenters. The van der Waals surface area contributed by atoms with Gasteiger partial charge < -0.3 is 11.1 Å². The topological polar surface area (TPSA) is 67.2 Å². The third-order valence-electron chi connectivity index (χ3n) is 6.67. The fourth-order valence-corrected chi connectivity index (χ4v) is 5.43. The summed E-state index contributed by atoms with van der Waals surface area (Å²) in [7, 11) is 0. The molecule has 0 radical (unpaired) electrons. The van der Waals surface area contributed by atoms with Gasteiger partial charge in [0.1, 0.15) is 12.0 Å². The van der Waals surface area contributed by atoms with Crippen LogP contribution in [0.3, 0.4) is 0 Å². The Bertz CT molecular complexity index is 460. The standard InChI is InChI=1S/C19H34FN3O/c1-3-5-6-8-19-10-14-16(15(24)7-4-2)18(21)23-17(19)13(19)9-12(20)11-22-14/h12-14,16-18,22-23H,3-11,21H2,1-2H3. The van der Waals surface area contributed by atoms with Crippen LogP contribution in [0.5, 0.6) is 0 Å². The molecule has 2 aliphatic heterocycles. The van der Waals surface area contributed by atoms with Crippen LogP contribution in [0.1, 0.15) is 65.2 Å². The highest BCUT2D eigenvalue weighted by Gasteiger charge is 2.67. The third-order valence-corrected chi connectivity index (χ3v) is 6.67. The molecular formula is C19H34FN3O. The highest BCUT2D eigenvalue weighted by Crippen LogP contribution is 2.63. The molecule has 4 N–H and O–H groups in total. The number of halogens is 1. The minimum Gasteiger partial charge on any atom is -0.315 e. The molecule has 0 aromatic carbocycles. The number of ketones is 1. The number of carbonyl (C=O) groups is 1. The van der Waals surface area contributed by atoms with E-state index in [1.807, 2.05) is 6.92 Å². The molecule has 138 valence electrons. The average Bonchev–Trinajstić information content (AvgIpc) is 3.11. The first-order valence-electron chi connectivity index (χ1n) is 9.95. The summed E-state index contributed by atoms with van der Waals surface area (Å²) in [6, 6.07) is 0.311. The van der Waals surface area contributed by atoms with E-state index in [0.29, 0.717) is 31.3 Å². The summed E-state index contributed by atoms with van der Waals surface area (Å²) in [5, 5.41) is 6.92. The average molecular weight is 339 g/mol. The van der Waals surface area contributed by atoms with Crippen LogP contribution in [0.25, 0.3) is 0 Å². The molecule has 4 nitrogen and oxygen atoms in total. The second-order valence-corrected chi connectivity index (χ2v) is 8.26. The van der Waals surface area contributed by atoms with E-state index in [9.17, 15) is 9.18 Å². The zero-order chi connectivity index (χ0) is 17.3. The molecule has 5 heteroatoms. The number of nitrogens with two attached hydrogens (primary N) is 1. The molecule has 7 unspecified atom stereocenters. The Morgan fingerprint density at radius 1 is 1.29 bits per heavy atom. The van der Waals surface area contributed by atoms with E-state index < -0.39 is 6.17 Å². The number of rotatable bonds is 7. The van der Waals surface area contributed by atoms with Gasteiger partial charge >= 0.3 is 0 Å². The van der Waals surface area contributed by atoms with Gasteiger partial charge in [0.15, 0.2) is 0 Å². The molecule has 0 aromatic heterocycles. The van der Waals surface area contributed by atoms with Crippen LogP contribution >= 0.6 is 0 Å². The van der Waals surface area contributed by atoms with Crippen molar-refractivity contribution < 1.29 is 9.18 Å². The molecule has 2 saturated heterocycles. The van der Waals surface area contributed by atoms with Crippen molar-refractivity contribution in [2.75, 3.05) is 6.54 Å². The maximum absolute atomic E-state index is 14.3. The number of hydrogen-bond donors (Lipinski definition) is 3. The Kier molecular flexibility index (Phi) is 5.62. The van der Waals surface area contributed by atoms with E-state index in [4.69, 9.17) is 5.73 Å². The largest absolute Gasteiger partial charge is 0.315 e. The predicted molar refractivity (Wildman–Crippen MR) is 94.3 cm³/mol. The van der Waals surface area contributed by atoms with E-state index in [-0.39, 0.29) is 29.3 Å². The smallest absolute Gasteiger partial charge is 0.140 e. The maximum Gasteiger partial charge on any atom is 0.140 e. The zero-order valence-corrected chi connectivity index (χ0v) is 15.2. The van der Waals surface area contributed by atoms with Crippen LogP contribution in [0, 0.1) is 17.3 Å². The molecule has 1 saturated carbocycles. The minimum atomic E-state index is -0.814. The van der Waals surface area contributed by atoms with E-state index in [0.717, 1.165) is 19.3 Å². The molecular weight excluding hydrogens is 305 g/mol. The van der Waals surface area contributed by atoms with Crippen LogP contribution in [-0.2, 0) is 4.79 Å². The summed E-state index contributed by atoms with van der Waals surface area (Å²) in [6.07, 6.45) is 6.64. The van der Waals surface area contributed by atoms with Crippen molar-refractivity contribution in [3.05, 3.63) is 0 Å². The fourth-order valence-electron chi connectivity index (χ4n) is 5.43. The van der Waals surface area contributed by atoms with E-state index >= 15 is 0 Å². The number of fused-ring (bicyclic) bond motifs is 2. The zero-order valence-electron chi connectivity index (χ0n) is 15.2. The van der Waals surface area contributed by atoms with Crippen LogP contribution in [0.15, 0.2) is 0 Å². The Morgan fingerprint density at radius 3 is 2.79 bits per heavy atom. The fraction of sp³-hybridized carbons (Fsp3) is 0.947. The van der Waals surface area contributed by atoms with Gasteiger partial charge in [0.05, 0.1) is 12.1 Å². The third kappa shape index (κ3) is 3.27. The number of alkyl halides is 1. The molecule has 2 bridgehead atoms. The molecule has 3 aliphatic rings. The van der Waals surface area contributed by atoms with Gasteiger partial charge in [-0.1, -0.05) is 33.1 Å². The second kappa shape index (κ2) is 7.38. The van der Waals surface area contributed by atoms with Crippen LogP contribution in [0.4, 0.5) is 4.39 Å². The van der Waals surface area contributed by atoms with Crippen molar-refractivity contribution in [1.29, 1.82) is 0 Å². The first kappa shape index (κ1) is 18.3. The highest BCUT2D eigenvalue weighted by atomic mass is 19.1. The van der Waals surface area contributed by atoms with Crippen molar-refractivity contribution in [2.24, 2.45) is 23.0 Å². The Balaban J connectivity index is 1.82. The Morgan fingerprint density at radius 2 is 2.08 bits per heavy atom. The molecule has 24 heavy (non-hydrogen) atoms. The highest BCUT2D eigenvalue weighted by molar-refractivity contribution is 5.82. The van der Waals surface area contributed by atoms with Gasteiger partial charge in [-0.25, -0.2) is 4.39 Å². The van der Waals surface area contributed by atoms with Crippen molar-refractivity contribution >= 4 is 5.78 Å². The maximum atomic E-state index is 14.3. The van der Waals surface area contributed by atoms with Crippen LogP contribution < -0.4 is 16.4 Å². The van der Waals surface area contributed by atoms with Gasteiger partial charge in [-0.3, -0.25) is 10.1 Å². The quantitative estimate of drug-likeness (QED) is 0.624. The lowest BCUT2D eigenvalue weighted by molar-refractivity contribution is -0.125. The van der Waals surface area contributed by atoms with Gasteiger partial charge in [-0.05, 0) is 37.0 Å².